The second-order valence-electron chi connectivity index (χ2n) is 2.99. The lowest BCUT2D eigenvalue weighted by atomic mass is 10.0. The van der Waals surface area contributed by atoms with Crippen LogP contribution >= 0.6 is 0 Å². The van der Waals surface area contributed by atoms with Crippen LogP contribution in [0, 0.1) is 18.2 Å². The van der Waals surface area contributed by atoms with Crippen LogP contribution in [0.15, 0.2) is 18.2 Å². The maximum absolute atomic E-state index is 12.8. The molecule has 0 aliphatic carbocycles. The van der Waals surface area contributed by atoms with Crippen LogP contribution in [0.1, 0.15) is 22.3 Å². The number of alkyl halides is 3. The van der Waals surface area contributed by atoms with E-state index in [0.717, 1.165) is 0 Å². The Balaban J connectivity index is 3.30. The van der Waals surface area contributed by atoms with Gasteiger partial charge in [-0.25, -0.2) is 4.39 Å². The number of carbonyl (C=O) groups excluding carboxylic acids is 1. The zero-order valence-corrected chi connectivity index (χ0v) is 7.94. The lowest BCUT2D eigenvalue weighted by Crippen LogP contribution is -2.13. The van der Waals surface area contributed by atoms with Gasteiger partial charge in [0.25, 0.3) is 0 Å². The van der Waals surface area contributed by atoms with E-state index in [9.17, 15) is 22.4 Å². The number of hydrogen-bond acceptors (Lipinski definition) is 1. The van der Waals surface area contributed by atoms with E-state index in [4.69, 9.17) is 6.42 Å². The molecule has 0 heterocycles. The molecule has 0 atom stereocenters. The minimum Gasteiger partial charge on any atom is -0.293 e. The van der Waals surface area contributed by atoms with Crippen LogP contribution < -0.4 is 0 Å². The number of hydrogen-bond donors (Lipinski definition) is 0. The fourth-order valence-electron chi connectivity index (χ4n) is 1.18. The molecule has 0 radical (unpaired) electrons. The summed E-state index contributed by atoms with van der Waals surface area (Å²) >= 11 is 0. The SMILES string of the molecule is C#CCC(=O)c1cc(F)ccc1C(F)(F)F. The van der Waals surface area contributed by atoms with Crippen molar-refractivity contribution < 1.29 is 22.4 Å². The highest BCUT2D eigenvalue weighted by Gasteiger charge is 2.35. The monoisotopic (exact) mass is 230 g/mol. The maximum Gasteiger partial charge on any atom is 0.417 e. The predicted octanol–water partition coefficient (Wildman–Crippen LogP) is 3.05. The second-order valence-corrected chi connectivity index (χ2v) is 2.99. The van der Waals surface area contributed by atoms with Crippen LogP contribution in [0.2, 0.25) is 0 Å². The number of ketones is 1. The molecule has 0 unspecified atom stereocenters. The molecule has 1 rings (SSSR count). The van der Waals surface area contributed by atoms with Crippen LogP contribution in [0.25, 0.3) is 0 Å². The summed E-state index contributed by atoms with van der Waals surface area (Å²) in [5.74, 6) is 0.0939. The third kappa shape index (κ3) is 2.60. The van der Waals surface area contributed by atoms with E-state index in [-0.39, 0.29) is 0 Å². The van der Waals surface area contributed by atoms with Crippen molar-refractivity contribution in [3.63, 3.8) is 0 Å². The van der Waals surface area contributed by atoms with Crippen LogP contribution in [-0.4, -0.2) is 5.78 Å². The molecular formula is C11H6F4O. The largest absolute Gasteiger partial charge is 0.417 e. The van der Waals surface area contributed by atoms with Gasteiger partial charge >= 0.3 is 6.18 Å². The summed E-state index contributed by atoms with van der Waals surface area (Å²) in [6.45, 7) is 0. The molecule has 0 spiro atoms. The smallest absolute Gasteiger partial charge is 0.293 e. The zero-order valence-electron chi connectivity index (χ0n) is 7.94. The molecule has 0 saturated carbocycles. The standard InChI is InChI=1S/C11H6F4O/c1-2-3-10(16)8-6-7(12)4-5-9(8)11(13,14)15/h1,4-6H,3H2. The fourth-order valence-corrected chi connectivity index (χ4v) is 1.18. The summed E-state index contributed by atoms with van der Waals surface area (Å²) in [6, 6.07) is 1.72. The van der Waals surface area contributed by atoms with E-state index in [1.807, 2.05) is 5.92 Å². The molecule has 0 N–H and O–H groups in total. The van der Waals surface area contributed by atoms with Crippen molar-refractivity contribution in [1.29, 1.82) is 0 Å². The summed E-state index contributed by atoms with van der Waals surface area (Å²) in [6.07, 6.45) is -0.376. The van der Waals surface area contributed by atoms with Gasteiger partial charge in [0.05, 0.1) is 12.0 Å². The van der Waals surface area contributed by atoms with Gasteiger partial charge in [0, 0.05) is 5.56 Å². The number of rotatable bonds is 2. The highest BCUT2D eigenvalue weighted by molar-refractivity contribution is 5.99. The van der Waals surface area contributed by atoms with E-state index >= 15 is 0 Å². The quantitative estimate of drug-likeness (QED) is 0.433. The molecule has 84 valence electrons. The Morgan fingerprint density at radius 2 is 2.00 bits per heavy atom. The molecule has 0 fully saturated rings. The van der Waals surface area contributed by atoms with Gasteiger partial charge in [0.2, 0.25) is 0 Å². The summed E-state index contributed by atoms with van der Waals surface area (Å²) in [5.41, 5.74) is -1.90. The Bertz CT molecular complexity index is 454. The molecule has 0 bridgehead atoms. The summed E-state index contributed by atoms with van der Waals surface area (Å²) < 4.78 is 50.1. The molecule has 0 aromatic heterocycles. The third-order valence-corrected chi connectivity index (χ3v) is 1.85. The van der Waals surface area contributed by atoms with Crippen LogP contribution in [-0.2, 0) is 6.18 Å². The van der Waals surface area contributed by atoms with Gasteiger partial charge in [-0.05, 0) is 18.2 Å². The van der Waals surface area contributed by atoms with Crippen molar-refractivity contribution in [2.45, 2.75) is 12.6 Å². The molecule has 1 aromatic carbocycles. The van der Waals surface area contributed by atoms with Gasteiger partial charge in [0.15, 0.2) is 5.78 Å². The number of carbonyl (C=O) groups is 1. The van der Waals surface area contributed by atoms with Crippen molar-refractivity contribution in [3.8, 4) is 12.3 Å². The number of benzene rings is 1. The minimum atomic E-state index is -4.70. The number of terminal acetylenes is 1. The van der Waals surface area contributed by atoms with E-state index in [0.29, 0.717) is 18.2 Å². The maximum atomic E-state index is 12.8. The molecule has 0 aliphatic heterocycles. The normalized spacial score (nSPS) is 10.9. The van der Waals surface area contributed by atoms with E-state index in [1.165, 1.54) is 0 Å². The average Bonchev–Trinajstić information content (AvgIpc) is 2.16. The molecule has 0 aliphatic rings. The van der Waals surface area contributed by atoms with Gasteiger partial charge in [-0.15, -0.1) is 6.42 Å². The van der Waals surface area contributed by atoms with Crippen molar-refractivity contribution in [2.24, 2.45) is 0 Å². The lowest BCUT2D eigenvalue weighted by molar-refractivity contribution is -0.137. The van der Waals surface area contributed by atoms with Crippen molar-refractivity contribution in [2.75, 3.05) is 0 Å². The lowest BCUT2D eigenvalue weighted by Gasteiger charge is -2.11. The molecule has 5 heteroatoms. The van der Waals surface area contributed by atoms with Gasteiger partial charge in [-0.1, -0.05) is 5.92 Å². The Hall–Kier alpha value is -1.83. The molecule has 0 amide bonds. The Morgan fingerprint density at radius 3 is 2.50 bits per heavy atom. The molecule has 16 heavy (non-hydrogen) atoms. The first-order chi connectivity index (χ1) is 7.36. The van der Waals surface area contributed by atoms with Crippen LogP contribution in [0.5, 0.6) is 0 Å². The first-order valence-electron chi connectivity index (χ1n) is 4.19. The first kappa shape index (κ1) is 12.2. The summed E-state index contributed by atoms with van der Waals surface area (Å²) in [5, 5.41) is 0. The molecule has 1 aromatic rings. The number of halogens is 4. The summed E-state index contributed by atoms with van der Waals surface area (Å²) in [4.78, 5) is 11.3. The number of Topliss-reactive ketones (excluding diaryl/α,β-unsaturated/α-hetero) is 1. The van der Waals surface area contributed by atoms with E-state index in [1.54, 1.807) is 0 Å². The predicted molar refractivity (Wildman–Crippen MR) is 49.2 cm³/mol. The Kier molecular flexibility index (Phi) is 3.33. The van der Waals surface area contributed by atoms with Crippen LogP contribution in [0.4, 0.5) is 17.6 Å². The van der Waals surface area contributed by atoms with E-state index < -0.39 is 35.3 Å². The highest BCUT2D eigenvalue weighted by Crippen LogP contribution is 2.32. The third-order valence-electron chi connectivity index (χ3n) is 1.85. The van der Waals surface area contributed by atoms with Gasteiger partial charge in [-0.2, -0.15) is 13.2 Å². The zero-order chi connectivity index (χ0) is 12.3. The minimum absolute atomic E-state index is 0.494. The van der Waals surface area contributed by atoms with Crippen molar-refractivity contribution in [3.05, 3.63) is 35.1 Å². The van der Waals surface area contributed by atoms with Gasteiger partial charge in [-0.3, -0.25) is 4.79 Å². The summed E-state index contributed by atoms with van der Waals surface area (Å²) in [7, 11) is 0. The Morgan fingerprint density at radius 1 is 1.38 bits per heavy atom. The van der Waals surface area contributed by atoms with Gasteiger partial charge in [0.1, 0.15) is 5.82 Å². The fraction of sp³-hybridized carbons (Fsp3) is 0.182. The highest BCUT2D eigenvalue weighted by atomic mass is 19.4. The van der Waals surface area contributed by atoms with Gasteiger partial charge < -0.3 is 0 Å². The van der Waals surface area contributed by atoms with E-state index in [2.05, 4.69) is 0 Å². The topological polar surface area (TPSA) is 17.1 Å². The Labute approximate surface area is 89.1 Å². The average molecular weight is 230 g/mol. The molecule has 1 nitrogen and oxygen atoms in total. The first-order valence-corrected chi connectivity index (χ1v) is 4.19. The molecule has 0 saturated heterocycles. The molecular weight excluding hydrogens is 224 g/mol. The van der Waals surface area contributed by atoms with Crippen molar-refractivity contribution in [1.82, 2.24) is 0 Å². The van der Waals surface area contributed by atoms with Crippen molar-refractivity contribution >= 4 is 5.78 Å². The second kappa shape index (κ2) is 4.35. The van der Waals surface area contributed by atoms with Crippen LogP contribution in [0.3, 0.4) is 0 Å².